The molecule has 0 spiro atoms. The second-order valence-corrected chi connectivity index (χ2v) is 1.95. The Morgan fingerprint density at radius 3 is 2.62 bits per heavy atom. The van der Waals surface area contributed by atoms with Crippen LogP contribution >= 0.6 is 23.2 Å². The highest BCUT2D eigenvalue weighted by Crippen LogP contribution is 2.09. The number of halogens is 2. The van der Waals surface area contributed by atoms with Gasteiger partial charge in [-0.1, -0.05) is 23.2 Å². The molecule has 0 aromatic heterocycles. The van der Waals surface area contributed by atoms with Gasteiger partial charge in [-0.3, -0.25) is 0 Å². The van der Waals surface area contributed by atoms with Crippen molar-refractivity contribution in [3.05, 3.63) is 17.9 Å². The van der Waals surface area contributed by atoms with Crippen molar-refractivity contribution in [2.24, 2.45) is 4.99 Å². The third-order valence-electron chi connectivity index (χ3n) is 0.628. The largest absolute Gasteiger partial charge is 0.350 e. The lowest BCUT2D eigenvalue weighted by molar-refractivity contribution is 0.961. The molecule has 0 saturated carbocycles. The van der Waals surface area contributed by atoms with E-state index >= 15 is 0 Å². The minimum Gasteiger partial charge on any atom is -0.350 e. The Balaban J connectivity index is 2.63. The summed E-state index contributed by atoms with van der Waals surface area (Å²) < 4.78 is 0. The molecule has 0 unspecified atom stereocenters. The van der Waals surface area contributed by atoms with Gasteiger partial charge in [-0.2, -0.15) is 0 Å². The molecule has 0 aromatic rings. The van der Waals surface area contributed by atoms with Crippen LogP contribution in [0.3, 0.4) is 0 Å². The number of nitrogens with zero attached hydrogens (tertiary/aromatic N) is 1. The number of nitrogens with one attached hydrogen (secondary N) is 1. The number of aliphatic imine (C=N–C) groups is 1. The van der Waals surface area contributed by atoms with Gasteiger partial charge in [0.05, 0.1) is 0 Å². The van der Waals surface area contributed by atoms with Gasteiger partial charge in [-0.15, -0.1) is 0 Å². The van der Waals surface area contributed by atoms with Gasteiger partial charge in [0.2, 0.25) is 0 Å². The fourth-order valence-corrected chi connectivity index (χ4v) is 0.687. The van der Waals surface area contributed by atoms with Crippen molar-refractivity contribution in [3.8, 4) is 0 Å². The minimum atomic E-state index is 0.303. The van der Waals surface area contributed by atoms with Crippen LogP contribution in [0.25, 0.3) is 0 Å². The Morgan fingerprint density at radius 2 is 2.25 bits per heavy atom. The van der Waals surface area contributed by atoms with E-state index in [9.17, 15) is 0 Å². The second-order valence-electron chi connectivity index (χ2n) is 1.20. The van der Waals surface area contributed by atoms with Crippen LogP contribution in [0.1, 0.15) is 0 Å². The van der Waals surface area contributed by atoms with E-state index in [0.29, 0.717) is 10.8 Å². The standard InChI is InChI=1S/C4H3Cl2N2/c5-3-1-2-7-4(6)8-3/h1-2,7H. The van der Waals surface area contributed by atoms with Gasteiger partial charge in [0.15, 0.2) is 0 Å². The zero-order chi connectivity index (χ0) is 5.98. The highest BCUT2D eigenvalue weighted by atomic mass is 35.5. The maximum atomic E-state index is 5.43. The van der Waals surface area contributed by atoms with E-state index in [4.69, 9.17) is 23.2 Å². The van der Waals surface area contributed by atoms with Crippen LogP contribution in [0.5, 0.6) is 0 Å². The molecule has 0 aliphatic carbocycles. The molecule has 1 aliphatic rings. The van der Waals surface area contributed by atoms with Gasteiger partial charge in [0.1, 0.15) is 5.17 Å². The quantitative estimate of drug-likeness (QED) is 0.519. The van der Waals surface area contributed by atoms with Crippen molar-refractivity contribution in [3.63, 3.8) is 0 Å². The summed E-state index contributed by atoms with van der Waals surface area (Å²) in [7, 11) is 0. The van der Waals surface area contributed by atoms with Gasteiger partial charge in [0, 0.05) is 6.20 Å². The van der Waals surface area contributed by atoms with Gasteiger partial charge in [-0.25, -0.2) is 4.99 Å². The molecule has 0 aromatic carbocycles. The Kier molecular flexibility index (Phi) is 1.76. The first-order valence-electron chi connectivity index (χ1n) is 1.99. The summed E-state index contributed by atoms with van der Waals surface area (Å²) in [5.74, 6) is 0. The van der Waals surface area contributed by atoms with Crippen molar-refractivity contribution in [1.82, 2.24) is 5.32 Å². The zero-order valence-corrected chi connectivity index (χ0v) is 5.37. The molecule has 1 radical (unpaired) electrons. The molecule has 0 bridgehead atoms. The summed E-state index contributed by atoms with van der Waals surface area (Å²) in [6, 6.07) is 0. The predicted molar refractivity (Wildman–Crippen MR) is 34.7 cm³/mol. The van der Waals surface area contributed by atoms with Crippen molar-refractivity contribution < 1.29 is 0 Å². The third kappa shape index (κ3) is 1.39. The van der Waals surface area contributed by atoms with E-state index in [1.54, 1.807) is 12.3 Å². The number of hydrogen-bond acceptors (Lipinski definition) is 2. The molecule has 1 rings (SSSR count). The van der Waals surface area contributed by atoms with Crippen LogP contribution in [0.2, 0.25) is 0 Å². The number of allylic oxidation sites excluding steroid dienone is 1. The molecule has 1 aliphatic heterocycles. The lowest BCUT2D eigenvalue weighted by Gasteiger charge is -2.05. The van der Waals surface area contributed by atoms with E-state index in [1.165, 1.54) is 0 Å². The summed E-state index contributed by atoms with van der Waals surface area (Å²) in [6.45, 7) is 0. The van der Waals surface area contributed by atoms with Gasteiger partial charge in [0.25, 0.3) is 5.62 Å². The number of hydrogen-bond donors (Lipinski definition) is 1. The molecule has 0 amide bonds. The Morgan fingerprint density at radius 1 is 1.50 bits per heavy atom. The van der Waals surface area contributed by atoms with Crippen molar-refractivity contribution in [2.75, 3.05) is 0 Å². The van der Waals surface area contributed by atoms with E-state index in [-0.39, 0.29) is 0 Å². The van der Waals surface area contributed by atoms with E-state index in [1.807, 2.05) is 0 Å². The molecule has 0 fully saturated rings. The van der Waals surface area contributed by atoms with Gasteiger partial charge >= 0.3 is 0 Å². The fourth-order valence-electron chi connectivity index (χ4n) is 0.343. The summed E-state index contributed by atoms with van der Waals surface area (Å²) in [6.07, 6.45) is 3.24. The Labute approximate surface area is 57.2 Å². The van der Waals surface area contributed by atoms with E-state index in [0.717, 1.165) is 0 Å². The maximum Gasteiger partial charge on any atom is 0.266 e. The van der Waals surface area contributed by atoms with E-state index in [2.05, 4.69) is 10.3 Å². The molecule has 8 heavy (non-hydrogen) atoms. The molecule has 1 heterocycles. The fraction of sp³-hybridized carbons (Fsp3) is 0. The van der Waals surface area contributed by atoms with Crippen LogP contribution in [0.4, 0.5) is 0 Å². The monoisotopic (exact) mass is 149 g/mol. The SMILES string of the molecule is Cl[C]1N=C(Cl)C=CN1. The lowest BCUT2D eigenvalue weighted by Crippen LogP contribution is -2.11. The molecule has 4 heteroatoms. The van der Waals surface area contributed by atoms with Crippen LogP contribution in [0, 0.1) is 5.62 Å². The topological polar surface area (TPSA) is 24.4 Å². The molecule has 0 saturated heterocycles. The molecule has 2 nitrogen and oxygen atoms in total. The summed E-state index contributed by atoms with van der Waals surface area (Å²) >= 11 is 10.8. The Hall–Kier alpha value is -0.210. The predicted octanol–water partition coefficient (Wildman–Crippen LogP) is 1.43. The van der Waals surface area contributed by atoms with Crippen molar-refractivity contribution in [1.29, 1.82) is 0 Å². The first-order chi connectivity index (χ1) is 3.79. The average molecular weight is 150 g/mol. The molecule has 43 valence electrons. The third-order valence-corrected chi connectivity index (χ3v) is 1.03. The van der Waals surface area contributed by atoms with Crippen LogP contribution < -0.4 is 5.32 Å². The number of rotatable bonds is 0. The molecule has 1 N–H and O–H groups in total. The normalized spacial score (nSPS) is 20.0. The summed E-state index contributed by atoms with van der Waals surface area (Å²) in [5, 5.41) is 3.04. The van der Waals surface area contributed by atoms with E-state index < -0.39 is 0 Å². The maximum absolute atomic E-state index is 5.43. The zero-order valence-electron chi connectivity index (χ0n) is 3.86. The highest BCUT2D eigenvalue weighted by Gasteiger charge is 2.03. The van der Waals surface area contributed by atoms with Crippen molar-refractivity contribution in [2.45, 2.75) is 0 Å². The first kappa shape index (κ1) is 5.92. The smallest absolute Gasteiger partial charge is 0.266 e. The van der Waals surface area contributed by atoms with Crippen LogP contribution in [-0.4, -0.2) is 5.17 Å². The average Bonchev–Trinajstić information content (AvgIpc) is 1.64. The Bertz CT molecular complexity index is 141. The highest BCUT2D eigenvalue weighted by molar-refractivity contribution is 6.68. The van der Waals surface area contributed by atoms with Gasteiger partial charge < -0.3 is 5.32 Å². The summed E-state index contributed by atoms with van der Waals surface area (Å²) in [4.78, 5) is 3.65. The molecular weight excluding hydrogens is 147 g/mol. The second kappa shape index (κ2) is 2.37. The summed E-state index contributed by atoms with van der Waals surface area (Å²) in [5.41, 5.74) is 0.303. The first-order valence-corrected chi connectivity index (χ1v) is 2.74. The van der Waals surface area contributed by atoms with Crippen molar-refractivity contribution >= 4 is 28.4 Å². The minimum absolute atomic E-state index is 0.303. The molecular formula is C4H3Cl2N2. The van der Waals surface area contributed by atoms with Crippen LogP contribution in [-0.2, 0) is 0 Å². The van der Waals surface area contributed by atoms with Gasteiger partial charge in [-0.05, 0) is 6.08 Å². The lowest BCUT2D eigenvalue weighted by atomic mass is 10.6. The van der Waals surface area contributed by atoms with Crippen LogP contribution in [0.15, 0.2) is 17.3 Å². The molecule has 0 atom stereocenters.